The van der Waals surface area contributed by atoms with E-state index in [2.05, 4.69) is 0 Å². The molecule has 1 rings (SSSR count). The summed E-state index contributed by atoms with van der Waals surface area (Å²) in [7, 11) is 0. The summed E-state index contributed by atoms with van der Waals surface area (Å²) in [5.41, 5.74) is -0.225. The zero-order chi connectivity index (χ0) is 12.3. The van der Waals surface area contributed by atoms with Crippen molar-refractivity contribution in [2.75, 3.05) is 6.61 Å². The zero-order valence-electron chi connectivity index (χ0n) is 8.89. The lowest BCUT2D eigenvalue weighted by Gasteiger charge is -2.12. The van der Waals surface area contributed by atoms with E-state index in [4.69, 9.17) is 16.3 Å². The first-order valence-corrected chi connectivity index (χ1v) is 5.10. The molecule has 1 aromatic carbocycles. The predicted octanol–water partition coefficient (Wildman–Crippen LogP) is 3.88. The first-order valence-electron chi connectivity index (χ1n) is 4.72. The lowest BCUT2D eigenvalue weighted by atomic mass is 10.1. The third-order valence-corrected chi connectivity index (χ3v) is 2.33. The van der Waals surface area contributed by atoms with Crippen LogP contribution in [0.4, 0.5) is 8.78 Å². The highest BCUT2D eigenvalue weighted by Gasteiger charge is 2.18. The molecule has 2 nitrogen and oxygen atoms in total. The molecule has 1 aromatic rings. The second kappa shape index (κ2) is 5.25. The summed E-state index contributed by atoms with van der Waals surface area (Å²) in [5.74, 6) is -0.331. The van der Waals surface area contributed by atoms with Gasteiger partial charge in [0, 0.05) is 5.56 Å². The van der Waals surface area contributed by atoms with Crippen LogP contribution in [-0.4, -0.2) is 12.4 Å². The molecular formula is C11H11ClF2O2. The monoisotopic (exact) mass is 248 g/mol. The molecule has 0 fully saturated rings. The van der Waals surface area contributed by atoms with Gasteiger partial charge in [0.2, 0.25) is 0 Å². The van der Waals surface area contributed by atoms with Crippen molar-refractivity contribution in [3.05, 3.63) is 28.3 Å². The second-order valence-corrected chi connectivity index (χ2v) is 3.57. The molecule has 0 heterocycles. The fraction of sp³-hybridized carbons (Fsp3) is 0.364. The van der Waals surface area contributed by atoms with E-state index < -0.39 is 6.43 Å². The third-order valence-electron chi connectivity index (χ3n) is 2.01. The predicted molar refractivity (Wildman–Crippen MR) is 57.6 cm³/mol. The molecule has 0 aliphatic heterocycles. The number of Topliss-reactive ketones (excluding diaryl/α,β-unsaturated/α-hetero) is 1. The Morgan fingerprint density at radius 2 is 2.12 bits per heavy atom. The van der Waals surface area contributed by atoms with Crippen molar-refractivity contribution in [2.45, 2.75) is 20.3 Å². The van der Waals surface area contributed by atoms with Gasteiger partial charge < -0.3 is 4.74 Å². The lowest BCUT2D eigenvalue weighted by Crippen LogP contribution is -2.01. The largest absolute Gasteiger partial charge is 0.493 e. The summed E-state index contributed by atoms with van der Waals surface area (Å²) in [6.45, 7) is 3.22. The van der Waals surface area contributed by atoms with Crippen LogP contribution in [0.5, 0.6) is 5.75 Å². The maximum Gasteiger partial charge on any atom is 0.267 e. The topological polar surface area (TPSA) is 26.3 Å². The van der Waals surface area contributed by atoms with Crippen molar-refractivity contribution in [3.63, 3.8) is 0 Å². The summed E-state index contributed by atoms with van der Waals surface area (Å²) in [6, 6.07) is 2.34. The number of ether oxygens (including phenoxy) is 1. The average Bonchev–Trinajstić information content (AvgIpc) is 2.17. The number of hydrogen-bond acceptors (Lipinski definition) is 2. The Labute approximate surface area is 97.2 Å². The minimum absolute atomic E-state index is 0.0208. The molecule has 0 aliphatic rings. The Morgan fingerprint density at radius 1 is 1.50 bits per heavy atom. The average molecular weight is 249 g/mol. The van der Waals surface area contributed by atoms with E-state index in [0.29, 0.717) is 0 Å². The van der Waals surface area contributed by atoms with Crippen LogP contribution in [0.15, 0.2) is 12.1 Å². The molecule has 0 saturated heterocycles. The Bertz CT molecular complexity index is 405. The van der Waals surface area contributed by atoms with Gasteiger partial charge in [-0.25, -0.2) is 8.78 Å². The van der Waals surface area contributed by atoms with Crippen LogP contribution in [-0.2, 0) is 0 Å². The van der Waals surface area contributed by atoms with Crippen molar-refractivity contribution in [2.24, 2.45) is 0 Å². The van der Waals surface area contributed by atoms with Crippen LogP contribution < -0.4 is 4.74 Å². The molecule has 0 radical (unpaired) electrons. The van der Waals surface area contributed by atoms with E-state index in [1.165, 1.54) is 13.0 Å². The van der Waals surface area contributed by atoms with Gasteiger partial charge >= 0.3 is 0 Å². The minimum atomic E-state index is -2.70. The molecule has 0 aliphatic carbocycles. The van der Waals surface area contributed by atoms with Gasteiger partial charge in [0.15, 0.2) is 5.78 Å². The molecule has 0 atom stereocenters. The van der Waals surface area contributed by atoms with Crippen molar-refractivity contribution in [1.29, 1.82) is 0 Å². The number of carbonyl (C=O) groups excluding carboxylic acids is 1. The maximum atomic E-state index is 12.7. The van der Waals surface area contributed by atoms with Crippen molar-refractivity contribution < 1.29 is 18.3 Å². The number of ketones is 1. The summed E-state index contributed by atoms with van der Waals surface area (Å²) >= 11 is 5.79. The number of hydrogen-bond donors (Lipinski definition) is 0. The minimum Gasteiger partial charge on any atom is -0.493 e. The molecule has 0 bridgehead atoms. The van der Waals surface area contributed by atoms with Crippen LogP contribution in [0.3, 0.4) is 0 Å². The first kappa shape index (κ1) is 12.9. The van der Waals surface area contributed by atoms with Crippen molar-refractivity contribution >= 4 is 17.4 Å². The normalized spacial score (nSPS) is 10.6. The zero-order valence-corrected chi connectivity index (χ0v) is 9.65. The Morgan fingerprint density at radius 3 is 2.56 bits per heavy atom. The molecule has 0 aromatic heterocycles. The number of benzene rings is 1. The maximum absolute atomic E-state index is 12.7. The van der Waals surface area contributed by atoms with E-state index in [-0.39, 0.29) is 34.3 Å². The number of carbonyl (C=O) groups is 1. The lowest BCUT2D eigenvalue weighted by molar-refractivity contribution is 0.101. The summed E-state index contributed by atoms with van der Waals surface area (Å²) < 4.78 is 30.4. The van der Waals surface area contributed by atoms with Crippen molar-refractivity contribution in [1.82, 2.24) is 0 Å². The van der Waals surface area contributed by atoms with E-state index >= 15 is 0 Å². The van der Waals surface area contributed by atoms with Crippen LogP contribution in [0, 0.1) is 0 Å². The summed E-state index contributed by atoms with van der Waals surface area (Å²) in [5, 5.41) is 0.125. The number of alkyl halides is 2. The van der Waals surface area contributed by atoms with E-state index in [0.717, 1.165) is 6.07 Å². The highest BCUT2D eigenvalue weighted by Crippen LogP contribution is 2.34. The number of rotatable bonds is 4. The highest BCUT2D eigenvalue weighted by molar-refractivity contribution is 6.34. The Balaban J connectivity index is 3.31. The van der Waals surface area contributed by atoms with Gasteiger partial charge in [0.25, 0.3) is 6.43 Å². The molecule has 0 unspecified atom stereocenters. The van der Waals surface area contributed by atoms with Gasteiger partial charge in [0.05, 0.1) is 17.2 Å². The van der Waals surface area contributed by atoms with Gasteiger partial charge in [0.1, 0.15) is 5.75 Å². The van der Waals surface area contributed by atoms with Crippen LogP contribution >= 0.6 is 11.6 Å². The van der Waals surface area contributed by atoms with E-state index in [1.54, 1.807) is 6.92 Å². The third kappa shape index (κ3) is 2.70. The molecule has 0 spiro atoms. The quantitative estimate of drug-likeness (QED) is 0.756. The van der Waals surface area contributed by atoms with Gasteiger partial charge in [-0.3, -0.25) is 4.79 Å². The van der Waals surface area contributed by atoms with E-state index in [9.17, 15) is 13.6 Å². The van der Waals surface area contributed by atoms with Gasteiger partial charge in [-0.15, -0.1) is 0 Å². The molecule has 0 saturated carbocycles. The molecule has 0 amide bonds. The molecular weight excluding hydrogens is 238 g/mol. The fourth-order valence-corrected chi connectivity index (χ4v) is 1.58. The first-order chi connectivity index (χ1) is 7.47. The van der Waals surface area contributed by atoms with Crippen LogP contribution in [0.2, 0.25) is 5.02 Å². The smallest absolute Gasteiger partial charge is 0.267 e. The summed E-state index contributed by atoms with van der Waals surface area (Å²) in [4.78, 5) is 11.1. The Hall–Kier alpha value is -1.16. The SMILES string of the molecule is CCOc1cc(Cl)c(C(C)=O)cc1C(F)F. The van der Waals surface area contributed by atoms with Crippen LogP contribution in [0.1, 0.15) is 36.2 Å². The summed E-state index contributed by atoms with van der Waals surface area (Å²) in [6.07, 6.45) is -2.70. The van der Waals surface area contributed by atoms with E-state index in [1.807, 2.05) is 0 Å². The number of halogens is 3. The van der Waals surface area contributed by atoms with Crippen molar-refractivity contribution in [3.8, 4) is 5.75 Å². The molecule has 16 heavy (non-hydrogen) atoms. The van der Waals surface area contributed by atoms with Gasteiger partial charge in [-0.05, 0) is 26.0 Å². The van der Waals surface area contributed by atoms with Gasteiger partial charge in [-0.2, -0.15) is 0 Å². The molecule has 88 valence electrons. The van der Waals surface area contributed by atoms with Crippen LogP contribution in [0.25, 0.3) is 0 Å². The Kier molecular flexibility index (Phi) is 4.24. The second-order valence-electron chi connectivity index (χ2n) is 3.16. The standard InChI is InChI=1S/C11H11ClF2O2/c1-3-16-10-5-9(12)7(6(2)15)4-8(10)11(13)14/h4-5,11H,3H2,1-2H3. The fourth-order valence-electron chi connectivity index (χ4n) is 1.29. The van der Waals surface area contributed by atoms with Gasteiger partial charge in [-0.1, -0.05) is 11.6 Å². The molecule has 5 heteroatoms. The molecule has 0 N–H and O–H groups in total. The highest BCUT2D eigenvalue weighted by atomic mass is 35.5.